The van der Waals surface area contributed by atoms with E-state index in [0.29, 0.717) is 5.76 Å². The van der Waals surface area contributed by atoms with Gasteiger partial charge in [-0.15, -0.1) is 0 Å². The van der Waals surface area contributed by atoms with Crippen LogP contribution in [0.4, 0.5) is 4.39 Å². The number of rotatable bonds is 5. The van der Waals surface area contributed by atoms with Gasteiger partial charge >= 0.3 is 0 Å². The number of nitrogens with zero attached hydrogens (tertiary/aromatic N) is 1. The largest absolute Gasteiger partial charge is 0.510 e. The zero-order valence-electron chi connectivity index (χ0n) is 17.1. The van der Waals surface area contributed by atoms with Crippen LogP contribution in [0.2, 0.25) is 0 Å². The molecule has 0 amide bonds. The summed E-state index contributed by atoms with van der Waals surface area (Å²) < 4.78 is 13.3. The van der Waals surface area contributed by atoms with E-state index in [4.69, 9.17) is 4.84 Å². The van der Waals surface area contributed by atoms with Crippen LogP contribution in [-0.2, 0) is 4.84 Å². The number of benzene rings is 2. The zero-order chi connectivity index (χ0) is 20.3. The number of piperidine rings is 1. The highest BCUT2D eigenvalue weighted by molar-refractivity contribution is 5.75. The molecule has 2 aromatic rings. The third kappa shape index (κ3) is 3.97. The predicted octanol–water partition coefficient (Wildman–Crippen LogP) is 4.71. The van der Waals surface area contributed by atoms with Gasteiger partial charge in [0.2, 0.25) is 0 Å². The van der Waals surface area contributed by atoms with Crippen LogP contribution >= 0.6 is 0 Å². The summed E-state index contributed by atoms with van der Waals surface area (Å²) in [5, 5.41) is 16.5. The minimum absolute atomic E-state index is 0.247. The highest BCUT2D eigenvalue weighted by Gasteiger charge is 2.38. The van der Waals surface area contributed by atoms with Crippen molar-refractivity contribution in [3.8, 4) is 11.1 Å². The molecule has 1 heterocycles. The first-order chi connectivity index (χ1) is 13.4. The van der Waals surface area contributed by atoms with Gasteiger partial charge in [0.15, 0.2) is 0 Å². The minimum atomic E-state index is -0.461. The maximum atomic E-state index is 13.3. The van der Waals surface area contributed by atoms with Gasteiger partial charge in [-0.3, -0.25) is 0 Å². The van der Waals surface area contributed by atoms with Crippen LogP contribution in [0.3, 0.4) is 0 Å². The van der Waals surface area contributed by atoms with E-state index >= 15 is 0 Å². The van der Waals surface area contributed by atoms with E-state index in [1.807, 2.05) is 38.1 Å². The lowest BCUT2D eigenvalue weighted by atomic mass is 9.82. The van der Waals surface area contributed by atoms with Crippen LogP contribution in [0.15, 0.2) is 48.2 Å². The summed E-state index contributed by atoms with van der Waals surface area (Å²) in [6.45, 7) is 5.51. The van der Waals surface area contributed by atoms with E-state index in [1.54, 1.807) is 19.2 Å². The normalized spacial score (nSPS) is 18.0. The molecule has 28 heavy (non-hydrogen) atoms. The molecule has 1 aliphatic heterocycles. The molecular weight excluding hydrogens is 355 g/mol. The van der Waals surface area contributed by atoms with Crippen molar-refractivity contribution in [2.24, 2.45) is 0 Å². The Kier molecular flexibility index (Phi) is 6.18. The van der Waals surface area contributed by atoms with Crippen LogP contribution in [0.25, 0.3) is 16.7 Å². The number of allylic oxidation sites excluding steroid dienone is 1. The third-order valence-electron chi connectivity index (χ3n) is 5.94. The van der Waals surface area contributed by atoms with Gasteiger partial charge in [-0.1, -0.05) is 24.3 Å². The minimum Gasteiger partial charge on any atom is -0.510 e. The fourth-order valence-corrected chi connectivity index (χ4v) is 3.99. The van der Waals surface area contributed by atoms with Gasteiger partial charge in [0.05, 0.1) is 12.6 Å². The third-order valence-corrected chi connectivity index (χ3v) is 5.94. The SMILES string of the molecule is CNC1(/C(O)=C(\C)c2cc(-c3ccc(F)cc3)ccc2C)CCN(OC)CC1. The highest BCUT2D eigenvalue weighted by atomic mass is 19.1. The second-order valence-electron chi connectivity index (χ2n) is 7.45. The first kappa shape index (κ1) is 20.5. The molecule has 0 radical (unpaired) electrons. The molecule has 4 nitrogen and oxygen atoms in total. The molecule has 3 rings (SSSR count). The Morgan fingerprint density at radius 2 is 1.71 bits per heavy atom. The van der Waals surface area contributed by atoms with Crippen molar-refractivity contribution in [2.75, 3.05) is 27.2 Å². The van der Waals surface area contributed by atoms with Crippen molar-refractivity contribution in [3.63, 3.8) is 0 Å². The molecule has 150 valence electrons. The summed E-state index contributed by atoms with van der Waals surface area (Å²) in [5.41, 5.74) is 4.45. The van der Waals surface area contributed by atoms with Crippen LogP contribution in [-0.4, -0.2) is 43.0 Å². The Morgan fingerprint density at radius 1 is 1.11 bits per heavy atom. The summed E-state index contributed by atoms with van der Waals surface area (Å²) in [6, 6.07) is 12.6. The number of nitrogens with one attached hydrogen (secondary N) is 1. The fraction of sp³-hybridized carbons (Fsp3) is 0.391. The van der Waals surface area contributed by atoms with E-state index in [2.05, 4.69) is 11.4 Å². The number of aliphatic hydroxyl groups excluding tert-OH is 1. The molecule has 0 aromatic heterocycles. The zero-order valence-corrected chi connectivity index (χ0v) is 17.1. The fourth-order valence-electron chi connectivity index (χ4n) is 3.99. The number of hydrogen-bond acceptors (Lipinski definition) is 4. The van der Waals surface area contributed by atoms with E-state index in [-0.39, 0.29) is 5.82 Å². The number of halogens is 1. The maximum absolute atomic E-state index is 13.3. The van der Waals surface area contributed by atoms with E-state index in [1.165, 1.54) is 12.1 Å². The van der Waals surface area contributed by atoms with Gasteiger partial charge < -0.3 is 15.3 Å². The number of hydrogen-bond donors (Lipinski definition) is 2. The van der Waals surface area contributed by atoms with Crippen LogP contribution < -0.4 is 5.32 Å². The van der Waals surface area contributed by atoms with E-state index in [9.17, 15) is 9.50 Å². The van der Waals surface area contributed by atoms with Crippen molar-refractivity contribution in [3.05, 3.63) is 65.2 Å². The molecule has 0 aliphatic carbocycles. The molecule has 1 fully saturated rings. The van der Waals surface area contributed by atoms with E-state index in [0.717, 1.165) is 53.8 Å². The maximum Gasteiger partial charge on any atom is 0.123 e. The Balaban J connectivity index is 1.99. The van der Waals surface area contributed by atoms with Gasteiger partial charge in [-0.05, 0) is 79.8 Å². The average molecular weight is 384 g/mol. The van der Waals surface area contributed by atoms with Crippen molar-refractivity contribution < 1.29 is 14.3 Å². The molecule has 0 spiro atoms. The summed E-state index contributed by atoms with van der Waals surface area (Å²) in [6.07, 6.45) is 1.52. The summed E-state index contributed by atoms with van der Waals surface area (Å²) in [5.74, 6) is 0.133. The summed E-state index contributed by atoms with van der Waals surface area (Å²) in [4.78, 5) is 5.33. The Morgan fingerprint density at radius 3 is 2.29 bits per heavy atom. The second kappa shape index (κ2) is 8.43. The smallest absolute Gasteiger partial charge is 0.123 e. The quantitative estimate of drug-likeness (QED) is 0.733. The molecule has 5 heteroatoms. The Hall–Kier alpha value is -2.21. The van der Waals surface area contributed by atoms with Gasteiger partial charge in [-0.2, -0.15) is 5.06 Å². The summed E-state index contributed by atoms with van der Waals surface area (Å²) >= 11 is 0. The van der Waals surface area contributed by atoms with Gasteiger partial charge in [0.1, 0.15) is 11.6 Å². The molecular formula is C23H29FN2O2. The standard InChI is InChI=1S/C23H29FN2O2/c1-16-5-6-19(18-7-9-20(24)10-8-18)15-21(16)17(2)22(27)23(25-3)11-13-26(28-4)14-12-23/h5-10,15,25,27H,11-14H2,1-4H3/b22-17-. The molecule has 2 N–H and O–H groups in total. The molecule has 1 saturated heterocycles. The average Bonchev–Trinajstić information content (AvgIpc) is 2.73. The van der Waals surface area contributed by atoms with Crippen LogP contribution in [0, 0.1) is 12.7 Å². The van der Waals surface area contributed by atoms with E-state index < -0.39 is 5.54 Å². The van der Waals surface area contributed by atoms with Crippen molar-refractivity contribution in [2.45, 2.75) is 32.2 Å². The highest BCUT2D eigenvalue weighted by Crippen LogP contribution is 2.35. The first-order valence-electron chi connectivity index (χ1n) is 9.65. The topological polar surface area (TPSA) is 44.7 Å². The van der Waals surface area contributed by atoms with Gasteiger partial charge in [-0.25, -0.2) is 4.39 Å². The number of hydroxylamine groups is 2. The van der Waals surface area contributed by atoms with Gasteiger partial charge in [0.25, 0.3) is 0 Å². The molecule has 1 aliphatic rings. The second-order valence-corrected chi connectivity index (χ2v) is 7.45. The Labute approximate surface area is 166 Å². The monoisotopic (exact) mass is 384 g/mol. The predicted molar refractivity (Wildman–Crippen MR) is 111 cm³/mol. The first-order valence-corrected chi connectivity index (χ1v) is 9.65. The lowest BCUT2D eigenvalue weighted by molar-refractivity contribution is -0.151. The van der Waals surface area contributed by atoms with Crippen LogP contribution in [0.5, 0.6) is 0 Å². The molecule has 0 atom stereocenters. The Bertz CT molecular complexity index is 853. The number of aryl methyl sites for hydroxylation is 1. The lowest BCUT2D eigenvalue weighted by Crippen LogP contribution is -2.53. The summed E-state index contributed by atoms with van der Waals surface area (Å²) in [7, 11) is 3.57. The van der Waals surface area contributed by atoms with Crippen molar-refractivity contribution in [1.82, 2.24) is 10.4 Å². The van der Waals surface area contributed by atoms with Crippen molar-refractivity contribution >= 4 is 5.57 Å². The number of likely N-dealkylation sites (N-methyl/N-ethyl adjacent to an activating group) is 1. The van der Waals surface area contributed by atoms with Gasteiger partial charge in [0, 0.05) is 13.1 Å². The van der Waals surface area contributed by atoms with Crippen LogP contribution in [0.1, 0.15) is 30.9 Å². The molecule has 2 aromatic carbocycles. The lowest BCUT2D eigenvalue weighted by Gasteiger charge is -2.41. The molecule has 0 unspecified atom stereocenters. The molecule has 0 bridgehead atoms. The van der Waals surface area contributed by atoms with Crippen molar-refractivity contribution in [1.29, 1.82) is 0 Å². The number of aliphatic hydroxyl groups is 1. The molecule has 0 saturated carbocycles.